The van der Waals surface area contributed by atoms with Crippen molar-refractivity contribution in [2.75, 3.05) is 7.11 Å². The fraction of sp³-hybridized carbons (Fsp3) is 0.235. The Morgan fingerprint density at radius 2 is 1.67 bits per heavy atom. The zero-order valence-corrected chi connectivity index (χ0v) is 12.0. The second-order valence-corrected chi connectivity index (χ2v) is 4.71. The first kappa shape index (κ1) is 15.2. The zero-order chi connectivity index (χ0) is 15.1. The summed E-state index contributed by atoms with van der Waals surface area (Å²) in [5, 5.41) is 0. The van der Waals surface area contributed by atoms with Crippen LogP contribution in [0.2, 0.25) is 0 Å². The molecule has 0 spiro atoms. The molecular weight excluding hydrogens is 266 g/mol. The third-order valence-electron chi connectivity index (χ3n) is 3.14. The maximum absolute atomic E-state index is 11.3. The van der Waals surface area contributed by atoms with Gasteiger partial charge >= 0.3 is 5.97 Å². The molecule has 0 fully saturated rings. The van der Waals surface area contributed by atoms with Crippen LogP contribution in [-0.4, -0.2) is 13.1 Å². The summed E-state index contributed by atoms with van der Waals surface area (Å²) in [5.41, 5.74) is 9.36. The number of hydrogen-bond acceptors (Lipinski definition) is 4. The molecule has 0 aliphatic carbocycles. The number of nitrogens with two attached hydrogens (primary N) is 1. The number of carbonyl (C=O) groups excluding carboxylic acids is 1. The van der Waals surface area contributed by atoms with Gasteiger partial charge in [0.25, 0.3) is 0 Å². The summed E-state index contributed by atoms with van der Waals surface area (Å²) in [7, 11) is 1.37. The molecule has 0 saturated heterocycles. The molecule has 0 heterocycles. The molecule has 4 nitrogen and oxygen atoms in total. The first-order valence-corrected chi connectivity index (χ1v) is 6.76. The third kappa shape index (κ3) is 4.41. The number of hydrogen-bond donors (Lipinski definition) is 1. The van der Waals surface area contributed by atoms with E-state index in [2.05, 4.69) is 4.74 Å². The van der Waals surface area contributed by atoms with E-state index in [-0.39, 0.29) is 5.97 Å². The van der Waals surface area contributed by atoms with E-state index in [1.54, 1.807) is 12.1 Å². The van der Waals surface area contributed by atoms with Gasteiger partial charge < -0.3 is 15.2 Å². The van der Waals surface area contributed by atoms with Crippen molar-refractivity contribution >= 4 is 5.97 Å². The molecule has 0 amide bonds. The van der Waals surface area contributed by atoms with Crippen LogP contribution in [0.15, 0.2) is 48.5 Å². The minimum atomic E-state index is -0.332. The molecule has 0 bridgehead atoms. The SMILES string of the molecule is COC(=O)c1ccc(COCc2cccc(CN)c2)cc1. The Labute approximate surface area is 124 Å². The average Bonchev–Trinajstić information content (AvgIpc) is 2.55. The third-order valence-corrected chi connectivity index (χ3v) is 3.14. The second-order valence-electron chi connectivity index (χ2n) is 4.71. The van der Waals surface area contributed by atoms with E-state index in [4.69, 9.17) is 10.5 Å². The van der Waals surface area contributed by atoms with Crippen LogP contribution in [0.25, 0.3) is 0 Å². The maximum atomic E-state index is 11.3. The van der Waals surface area contributed by atoms with Crippen molar-refractivity contribution in [2.24, 2.45) is 5.73 Å². The van der Waals surface area contributed by atoms with Gasteiger partial charge in [0, 0.05) is 6.54 Å². The highest BCUT2D eigenvalue weighted by Crippen LogP contribution is 2.10. The fourth-order valence-electron chi connectivity index (χ4n) is 1.99. The van der Waals surface area contributed by atoms with Crippen LogP contribution < -0.4 is 5.73 Å². The first-order valence-electron chi connectivity index (χ1n) is 6.76. The summed E-state index contributed by atoms with van der Waals surface area (Å²) in [4.78, 5) is 11.3. The van der Waals surface area contributed by atoms with Crippen LogP contribution >= 0.6 is 0 Å². The highest BCUT2D eigenvalue weighted by molar-refractivity contribution is 5.89. The standard InChI is InChI=1S/C17H19NO3/c1-20-17(19)16-7-5-13(6-8-16)11-21-12-15-4-2-3-14(9-15)10-18/h2-9H,10-12,18H2,1H3. The number of esters is 1. The van der Waals surface area contributed by atoms with E-state index in [0.717, 1.165) is 16.7 Å². The molecule has 2 N–H and O–H groups in total. The van der Waals surface area contributed by atoms with Crippen LogP contribution in [0.5, 0.6) is 0 Å². The fourth-order valence-corrected chi connectivity index (χ4v) is 1.99. The van der Waals surface area contributed by atoms with Gasteiger partial charge in [-0.15, -0.1) is 0 Å². The molecule has 0 aliphatic rings. The molecule has 0 unspecified atom stereocenters. The van der Waals surface area contributed by atoms with Crippen molar-refractivity contribution in [2.45, 2.75) is 19.8 Å². The minimum absolute atomic E-state index is 0.332. The van der Waals surface area contributed by atoms with Crippen LogP contribution in [0.4, 0.5) is 0 Å². The molecule has 110 valence electrons. The Morgan fingerprint density at radius 1 is 1.00 bits per heavy atom. The normalized spacial score (nSPS) is 10.4. The topological polar surface area (TPSA) is 61.5 Å². The van der Waals surface area contributed by atoms with E-state index < -0.39 is 0 Å². The van der Waals surface area contributed by atoms with Crippen molar-refractivity contribution in [3.05, 3.63) is 70.8 Å². The lowest BCUT2D eigenvalue weighted by Crippen LogP contribution is -2.01. The summed E-state index contributed by atoms with van der Waals surface area (Å²) in [6.45, 7) is 1.56. The highest BCUT2D eigenvalue weighted by atomic mass is 16.5. The average molecular weight is 285 g/mol. The van der Waals surface area contributed by atoms with Crippen LogP contribution in [0, 0.1) is 0 Å². The summed E-state index contributed by atoms with van der Waals surface area (Å²) >= 11 is 0. The predicted octanol–water partition coefficient (Wildman–Crippen LogP) is 2.65. The Morgan fingerprint density at radius 3 is 2.33 bits per heavy atom. The number of methoxy groups -OCH3 is 1. The van der Waals surface area contributed by atoms with Gasteiger partial charge in [0.15, 0.2) is 0 Å². The summed E-state index contributed by atoms with van der Waals surface area (Å²) in [6.07, 6.45) is 0. The Bertz CT molecular complexity index is 593. The van der Waals surface area contributed by atoms with Gasteiger partial charge in [-0.2, -0.15) is 0 Å². The van der Waals surface area contributed by atoms with Crippen molar-refractivity contribution in [1.29, 1.82) is 0 Å². The molecule has 0 radical (unpaired) electrons. The lowest BCUT2D eigenvalue weighted by Gasteiger charge is -2.07. The molecule has 4 heteroatoms. The van der Waals surface area contributed by atoms with Gasteiger partial charge in [-0.1, -0.05) is 36.4 Å². The van der Waals surface area contributed by atoms with E-state index in [1.165, 1.54) is 7.11 Å². The van der Waals surface area contributed by atoms with Crippen molar-refractivity contribution in [1.82, 2.24) is 0 Å². The first-order chi connectivity index (χ1) is 10.2. The van der Waals surface area contributed by atoms with Crippen molar-refractivity contribution in [3.8, 4) is 0 Å². The van der Waals surface area contributed by atoms with Crippen LogP contribution in [0.1, 0.15) is 27.0 Å². The Kier molecular flexibility index (Phi) is 5.49. The maximum Gasteiger partial charge on any atom is 0.337 e. The predicted molar refractivity (Wildman–Crippen MR) is 80.6 cm³/mol. The lowest BCUT2D eigenvalue weighted by molar-refractivity contribution is 0.0600. The number of ether oxygens (including phenoxy) is 2. The zero-order valence-electron chi connectivity index (χ0n) is 12.0. The van der Waals surface area contributed by atoms with Gasteiger partial charge in [-0.3, -0.25) is 0 Å². The molecule has 0 aromatic heterocycles. The van der Waals surface area contributed by atoms with Crippen LogP contribution in [-0.2, 0) is 29.2 Å². The quantitative estimate of drug-likeness (QED) is 0.829. The van der Waals surface area contributed by atoms with Crippen molar-refractivity contribution in [3.63, 3.8) is 0 Å². The molecule has 2 aromatic carbocycles. The van der Waals surface area contributed by atoms with Gasteiger partial charge in [0.1, 0.15) is 0 Å². The number of carbonyl (C=O) groups is 1. The number of benzene rings is 2. The van der Waals surface area contributed by atoms with Crippen molar-refractivity contribution < 1.29 is 14.3 Å². The van der Waals surface area contributed by atoms with E-state index in [9.17, 15) is 4.79 Å². The van der Waals surface area contributed by atoms with Crippen LogP contribution in [0.3, 0.4) is 0 Å². The Balaban J connectivity index is 1.87. The lowest BCUT2D eigenvalue weighted by atomic mass is 10.1. The highest BCUT2D eigenvalue weighted by Gasteiger charge is 2.04. The molecule has 2 aromatic rings. The monoisotopic (exact) mass is 285 g/mol. The van der Waals surface area contributed by atoms with E-state index >= 15 is 0 Å². The number of rotatable bonds is 6. The summed E-state index contributed by atoms with van der Waals surface area (Å²) in [5.74, 6) is -0.332. The van der Waals surface area contributed by atoms with Gasteiger partial charge in [-0.05, 0) is 28.8 Å². The summed E-state index contributed by atoms with van der Waals surface area (Å²) in [6, 6.07) is 15.2. The molecule has 21 heavy (non-hydrogen) atoms. The summed E-state index contributed by atoms with van der Waals surface area (Å²) < 4.78 is 10.3. The smallest absolute Gasteiger partial charge is 0.337 e. The molecule has 0 saturated carbocycles. The minimum Gasteiger partial charge on any atom is -0.465 e. The molecular formula is C17H19NO3. The largest absolute Gasteiger partial charge is 0.465 e. The van der Waals surface area contributed by atoms with Gasteiger partial charge in [0.2, 0.25) is 0 Å². The van der Waals surface area contributed by atoms with Gasteiger partial charge in [0.05, 0.1) is 25.9 Å². The Hall–Kier alpha value is -2.17. The van der Waals surface area contributed by atoms with E-state index in [0.29, 0.717) is 25.3 Å². The molecule has 0 atom stereocenters. The van der Waals surface area contributed by atoms with E-state index in [1.807, 2.05) is 36.4 Å². The molecule has 0 aliphatic heterocycles. The molecule has 2 rings (SSSR count). The second kappa shape index (κ2) is 7.57. The van der Waals surface area contributed by atoms with Gasteiger partial charge in [-0.25, -0.2) is 4.79 Å².